The third kappa shape index (κ3) is 3.72. The molecule has 3 heteroatoms. The van der Waals surface area contributed by atoms with E-state index in [9.17, 15) is 5.11 Å². The van der Waals surface area contributed by atoms with E-state index >= 15 is 0 Å². The molecule has 0 saturated heterocycles. The summed E-state index contributed by atoms with van der Waals surface area (Å²) in [5, 5.41) is 10.3. The molecule has 0 aliphatic carbocycles. The third-order valence-corrected chi connectivity index (χ3v) is 3.13. The van der Waals surface area contributed by atoms with Gasteiger partial charge in [0.15, 0.2) is 0 Å². The lowest BCUT2D eigenvalue weighted by molar-refractivity contribution is 0.190. The van der Waals surface area contributed by atoms with Gasteiger partial charge in [0.1, 0.15) is 12.4 Å². The zero-order valence-corrected chi connectivity index (χ0v) is 11.8. The molecular weight excluding hydrogens is 260 g/mol. The van der Waals surface area contributed by atoms with Crippen LogP contribution >= 0.6 is 11.6 Å². The number of aryl methyl sites for hydroxylation is 1. The molecule has 0 saturated carbocycles. The lowest BCUT2D eigenvalue weighted by Gasteiger charge is -2.14. The molecule has 1 atom stereocenters. The van der Waals surface area contributed by atoms with Gasteiger partial charge in [-0.2, -0.15) is 0 Å². The number of ether oxygens (including phenoxy) is 1. The van der Waals surface area contributed by atoms with Crippen LogP contribution in [0.2, 0.25) is 5.02 Å². The minimum atomic E-state index is -0.605. The summed E-state index contributed by atoms with van der Waals surface area (Å²) in [5.41, 5.74) is 3.01. The van der Waals surface area contributed by atoms with Crippen molar-refractivity contribution in [1.82, 2.24) is 0 Å². The summed E-state index contributed by atoms with van der Waals surface area (Å²) < 4.78 is 5.78. The number of aliphatic hydroxyl groups is 1. The molecule has 2 nitrogen and oxygen atoms in total. The third-order valence-electron chi connectivity index (χ3n) is 2.90. The van der Waals surface area contributed by atoms with Crippen LogP contribution in [-0.2, 0) is 6.61 Å². The zero-order chi connectivity index (χ0) is 13.8. The van der Waals surface area contributed by atoms with Gasteiger partial charge in [-0.05, 0) is 37.6 Å². The van der Waals surface area contributed by atoms with Crippen molar-refractivity contribution in [2.45, 2.75) is 26.6 Å². The maximum absolute atomic E-state index is 9.73. The molecule has 2 rings (SSSR count). The summed E-state index contributed by atoms with van der Waals surface area (Å²) in [4.78, 5) is 0. The van der Waals surface area contributed by atoms with E-state index in [1.807, 2.05) is 25.1 Å². The minimum absolute atomic E-state index is 0.475. The van der Waals surface area contributed by atoms with E-state index in [2.05, 4.69) is 6.07 Å². The molecule has 0 unspecified atom stereocenters. The van der Waals surface area contributed by atoms with E-state index in [0.717, 1.165) is 5.56 Å². The molecular formula is C16H17ClO2. The second-order valence-corrected chi connectivity index (χ2v) is 5.07. The van der Waals surface area contributed by atoms with Gasteiger partial charge in [0.25, 0.3) is 0 Å². The average Bonchev–Trinajstić information content (AvgIpc) is 2.37. The number of halogens is 1. The van der Waals surface area contributed by atoms with Crippen LogP contribution in [-0.4, -0.2) is 5.11 Å². The smallest absolute Gasteiger partial charge is 0.125 e. The topological polar surface area (TPSA) is 29.5 Å². The van der Waals surface area contributed by atoms with Crippen LogP contribution in [0.4, 0.5) is 0 Å². The van der Waals surface area contributed by atoms with Crippen LogP contribution in [0.25, 0.3) is 0 Å². The number of hydrogen-bond acceptors (Lipinski definition) is 2. The normalized spacial score (nSPS) is 12.2. The van der Waals surface area contributed by atoms with Crippen molar-refractivity contribution in [2.75, 3.05) is 0 Å². The van der Waals surface area contributed by atoms with Crippen molar-refractivity contribution in [2.24, 2.45) is 0 Å². The van der Waals surface area contributed by atoms with E-state index in [0.29, 0.717) is 22.9 Å². The first kappa shape index (κ1) is 13.9. The average molecular weight is 277 g/mol. The molecule has 0 amide bonds. The van der Waals surface area contributed by atoms with Crippen LogP contribution in [0.1, 0.15) is 29.7 Å². The Hall–Kier alpha value is -1.51. The van der Waals surface area contributed by atoms with E-state index < -0.39 is 6.10 Å². The number of benzene rings is 2. The molecule has 2 aromatic rings. The Bertz CT molecular complexity index is 564. The summed E-state index contributed by atoms with van der Waals surface area (Å²) in [6, 6.07) is 13.4. The van der Waals surface area contributed by atoms with Gasteiger partial charge in [-0.25, -0.2) is 0 Å². The first-order valence-electron chi connectivity index (χ1n) is 6.22. The Morgan fingerprint density at radius 1 is 1.21 bits per heavy atom. The number of hydrogen-bond donors (Lipinski definition) is 1. The maximum Gasteiger partial charge on any atom is 0.125 e. The summed E-state index contributed by atoms with van der Waals surface area (Å²) in [5.74, 6) is 0.668. The quantitative estimate of drug-likeness (QED) is 0.903. The standard InChI is InChI=1S/C16H17ClO2/c1-11-4-3-5-13(8-11)10-19-16-7-6-14(17)9-15(16)12(2)18/h3-9,12,18H,10H2,1-2H3/t12-/m0/s1. The van der Waals surface area contributed by atoms with Gasteiger partial charge in [0.05, 0.1) is 6.10 Å². The molecule has 0 spiro atoms. The fourth-order valence-electron chi connectivity index (χ4n) is 1.94. The van der Waals surface area contributed by atoms with Crippen LogP contribution in [0, 0.1) is 6.92 Å². The van der Waals surface area contributed by atoms with Crippen LogP contribution < -0.4 is 4.74 Å². The predicted molar refractivity (Wildman–Crippen MR) is 77.6 cm³/mol. The van der Waals surface area contributed by atoms with Crippen LogP contribution in [0.5, 0.6) is 5.75 Å². The highest BCUT2D eigenvalue weighted by Crippen LogP contribution is 2.28. The Kier molecular flexibility index (Phi) is 4.46. The highest BCUT2D eigenvalue weighted by molar-refractivity contribution is 6.30. The van der Waals surface area contributed by atoms with E-state index in [4.69, 9.17) is 16.3 Å². The molecule has 0 aliphatic rings. The van der Waals surface area contributed by atoms with Gasteiger partial charge >= 0.3 is 0 Å². The fraction of sp³-hybridized carbons (Fsp3) is 0.250. The minimum Gasteiger partial charge on any atom is -0.489 e. The van der Waals surface area contributed by atoms with Crippen molar-refractivity contribution in [3.05, 3.63) is 64.2 Å². The summed E-state index contributed by atoms with van der Waals surface area (Å²) in [6.07, 6.45) is -0.605. The lowest BCUT2D eigenvalue weighted by Crippen LogP contribution is -2.01. The Labute approximate surface area is 118 Å². The monoisotopic (exact) mass is 276 g/mol. The van der Waals surface area contributed by atoms with Crippen molar-refractivity contribution in [3.63, 3.8) is 0 Å². The summed E-state index contributed by atoms with van der Waals surface area (Å²) >= 11 is 5.93. The van der Waals surface area contributed by atoms with Crippen molar-refractivity contribution in [3.8, 4) is 5.75 Å². The van der Waals surface area contributed by atoms with Gasteiger partial charge in [0, 0.05) is 10.6 Å². The van der Waals surface area contributed by atoms with Crippen molar-refractivity contribution < 1.29 is 9.84 Å². The fourth-order valence-corrected chi connectivity index (χ4v) is 2.12. The largest absolute Gasteiger partial charge is 0.489 e. The van der Waals surface area contributed by atoms with Crippen molar-refractivity contribution >= 4 is 11.6 Å². The molecule has 2 aromatic carbocycles. The number of rotatable bonds is 4. The van der Waals surface area contributed by atoms with Gasteiger partial charge in [-0.1, -0.05) is 41.4 Å². The Balaban J connectivity index is 2.15. The SMILES string of the molecule is Cc1cccc(COc2ccc(Cl)cc2[C@H](C)O)c1. The summed E-state index contributed by atoms with van der Waals surface area (Å²) in [7, 11) is 0. The van der Waals surface area contributed by atoms with Gasteiger partial charge < -0.3 is 9.84 Å². The molecule has 1 N–H and O–H groups in total. The second-order valence-electron chi connectivity index (χ2n) is 4.64. The van der Waals surface area contributed by atoms with Crippen molar-refractivity contribution in [1.29, 1.82) is 0 Å². The van der Waals surface area contributed by atoms with Gasteiger partial charge in [-0.15, -0.1) is 0 Å². The molecule has 0 aromatic heterocycles. The Morgan fingerprint density at radius 2 is 2.00 bits per heavy atom. The molecule has 0 heterocycles. The van der Waals surface area contributed by atoms with E-state index in [1.165, 1.54) is 5.56 Å². The maximum atomic E-state index is 9.73. The molecule has 19 heavy (non-hydrogen) atoms. The van der Waals surface area contributed by atoms with Gasteiger partial charge in [-0.3, -0.25) is 0 Å². The van der Waals surface area contributed by atoms with Crippen LogP contribution in [0.3, 0.4) is 0 Å². The highest BCUT2D eigenvalue weighted by Gasteiger charge is 2.10. The second kappa shape index (κ2) is 6.09. The first-order chi connectivity index (χ1) is 9.06. The van der Waals surface area contributed by atoms with Crippen LogP contribution in [0.15, 0.2) is 42.5 Å². The molecule has 100 valence electrons. The predicted octanol–water partition coefficient (Wildman–Crippen LogP) is 4.28. The molecule has 0 fully saturated rings. The highest BCUT2D eigenvalue weighted by atomic mass is 35.5. The van der Waals surface area contributed by atoms with E-state index in [1.54, 1.807) is 25.1 Å². The molecule has 0 radical (unpaired) electrons. The lowest BCUT2D eigenvalue weighted by atomic mass is 10.1. The Morgan fingerprint density at radius 3 is 2.68 bits per heavy atom. The zero-order valence-electron chi connectivity index (χ0n) is 11.1. The first-order valence-corrected chi connectivity index (χ1v) is 6.60. The summed E-state index contributed by atoms with van der Waals surface area (Å²) in [6.45, 7) is 4.22. The van der Waals surface area contributed by atoms with E-state index in [-0.39, 0.29) is 0 Å². The molecule has 0 bridgehead atoms. The molecule has 0 aliphatic heterocycles. The van der Waals surface area contributed by atoms with Gasteiger partial charge in [0.2, 0.25) is 0 Å². The number of aliphatic hydroxyl groups excluding tert-OH is 1.